The first-order valence-corrected chi connectivity index (χ1v) is 26.9. The van der Waals surface area contributed by atoms with Crippen molar-refractivity contribution >= 4 is 19.0 Å². The van der Waals surface area contributed by atoms with Crippen LogP contribution in [0, 0.1) is 11.6 Å². The van der Waals surface area contributed by atoms with Crippen molar-refractivity contribution in [3.63, 3.8) is 0 Å². The summed E-state index contributed by atoms with van der Waals surface area (Å²) < 4.78 is 33.4. The predicted molar refractivity (Wildman–Crippen MR) is 157 cm³/mol. The van der Waals surface area contributed by atoms with Gasteiger partial charge in [-0.15, -0.1) is 0 Å². The molecule has 0 saturated heterocycles. The van der Waals surface area contributed by atoms with Gasteiger partial charge in [-0.25, -0.2) is 0 Å². The molecular weight excluding hydrogens is 566 g/mol. The van der Waals surface area contributed by atoms with E-state index < -0.39 is 17.4 Å². The molecule has 190 valence electrons. The number of allylic oxidation sites excluding steroid dienone is 2. The fourth-order valence-electron chi connectivity index (χ4n) is 7.55. The van der Waals surface area contributed by atoms with Crippen LogP contribution in [0.5, 0.6) is 0 Å². The minimum atomic E-state index is -3.63. The molecule has 0 radical (unpaired) electrons. The van der Waals surface area contributed by atoms with E-state index in [1.807, 2.05) is 24.3 Å². The average Bonchev–Trinajstić information content (AvgIpc) is 3.41. The molecule has 0 bridgehead atoms. The van der Waals surface area contributed by atoms with Crippen molar-refractivity contribution < 1.29 is 26.2 Å². The molecule has 0 heterocycles. The molecule has 0 spiro atoms. The second kappa shape index (κ2) is 8.93. The van der Waals surface area contributed by atoms with Crippen molar-refractivity contribution in [2.45, 2.75) is 30.4 Å². The van der Waals surface area contributed by atoms with Crippen LogP contribution in [0.2, 0.25) is 9.26 Å². The van der Waals surface area contributed by atoms with Gasteiger partial charge in [-0.2, -0.15) is 0 Å². The standard InChI is InChI=1S/2C16H12F.2CH3.H2Si.Zr/c2*1-11-9-13-3-2-4-15(16(13)10-11)12-5-7-14(17)8-6-12;;;;/h2*2-10H,1H3;2*1H3;1H2;. The normalized spacial score (nSPS) is 18.6. The van der Waals surface area contributed by atoms with Crippen LogP contribution >= 0.6 is 0 Å². The van der Waals surface area contributed by atoms with E-state index >= 15 is 0 Å². The van der Waals surface area contributed by atoms with Crippen molar-refractivity contribution in [2.75, 3.05) is 0 Å². The van der Waals surface area contributed by atoms with Crippen molar-refractivity contribution in [3.05, 3.63) is 130 Å². The predicted octanol–water partition coefficient (Wildman–Crippen LogP) is 9.25. The van der Waals surface area contributed by atoms with E-state index in [0.717, 1.165) is 11.1 Å². The SMILES string of the molecule is CC1=Cc2c(-c3ccc(F)cc3)cccc2[CH]1[Zr]([CH3])([CH3])(=[SiH2])[CH]1C(C)=Cc2c(-c3ccc(F)cc3)cccc21. The Kier molecular flexibility index (Phi) is 6.01. The zero-order chi connectivity index (χ0) is 26.8. The third kappa shape index (κ3) is 4.00. The van der Waals surface area contributed by atoms with E-state index in [4.69, 9.17) is 0 Å². The zero-order valence-corrected chi connectivity index (χ0v) is 26.2. The van der Waals surface area contributed by atoms with Gasteiger partial charge in [0.05, 0.1) is 0 Å². The quantitative estimate of drug-likeness (QED) is 0.206. The Hall–Kier alpha value is -2.68. The Morgan fingerprint density at radius 1 is 0.579 bits per heavy atom. The number of fused-ring (bicyclic) bond motifs is 2. The van der Waals surface area contributed by atoms with E-state index in [-0.39, 0.29) is 11.6 Å². The molecule has 2 unspecified atom stereocenters. The van der Waals surface area contributed by atoms with Gasteiger partial charge in [-0.1, -0.05) is 0 Å². The van der Waals surface area contributed by atoms with Gasteiger partial charge >= 0.3 is 228 Å². The summed E-state index contributed by atoms with van der Waals surface area (Å²) in [6.07, 6.45) is 4.77. The summed E-state index contributed by atoms with van der Waals surface area (Å²) in [6.45, 7) is 6.93. The van der Waals surface area contributed by atoms with Crippen LogP contribution in [0.15, 0.2) is 96.1 Å². The van der Waals surface area contributed by atoms with Gasteiger partial charge in [0.15, 0.2) is 0 Å². The van der Waals surface area contributed by atoms with Crippen molar-refractivity contribution in [1.29, 1.82) is 0 Å². The average molecular weight is 598 g/mol. The van der Waals surface area contributed by atoms with Crippen LogP contribution in [0.1, 0.15) is 43.4 Å². The molecule has 6 rings (SSSR count). The first kappa shape index (κ1) is 25.6. The fraction of sp³-hybridized carbons (Fsp3) is 0.176. The molecule has 4 heteroatoms. The summed E-state index contributed by atoms with van der Waals surface area (Å²) in [5.74, 6) is -0.418. The van der Waals surface area contributed by atoms with Crippen molar-refractivity contribution in [1.82, 2.24) is 0 Å². The summed E-state index contributed by atoms with van der Waals surface area (Å²) in [5, 5.41) is 0. The first-order chi connectivity index (χ1) is 18.0. The van der Waals surface area contributed by atoms with Gasteiger partial charge in [-0.05, 0) is 0 Å². The molecule has 4 aromatic rings. The Balaban J connectivity index is 1.49. The van der Waals surface area contributed by atoms with Gasteiger partial charge in [-0.3, -0.25) is 0 Å². The molecule has 0 saturated carbocycles. The zero-order valence-electron chi connectivity index (χ0n) is 22.4. The summed E-state index contributed by atoms with van der Waals surface area (Å²) in [5.41, 5.74) is 12.8. The van der Waals surface area contributed by atoms with Crippen molar-refractivity contribution in [3.8, 4) is 22.3 Å². The number of halogens is 2. The molecule has 0 fully saturated rings. The maximum absolute atomic E-state index is 13.7. The Labute approximate surface area is 226 Å². The fourth-order valence-corrected chi connectivity index (χ4v) is 28.8. The van der Waals surface area contributed by atoms with Crippen LogP contribution in [-0.4, -0.2) is 6.88 Å². The molecule has 4 aromatic carbocycles. The molecule has 0 nitrogen and oxygen atoms in total. The Bertz CT molecular complexity index is 1600. The van der Waals surface area contributed by atoms with E-state index in [2.05, 4.69) is 78.5 Å². The van der Waals surface area contributed by atoms with Gasteiger partial charge < -0.3 is 0 Å². The molecule has 0 aromatic heterocycles. The third-order valence-corrected chi connectivity index (χ3v) is 26.7. The first-order valence-electron chi connectivity index (χ1n) is 13.2. The van der Waals surface area contributed by atoms with E-state index in [9.17, 15) is 8.78 Å². The topological polar surface area (TPSA) is 0 Å². The molecule has 2 aliphatic rings. The van der Waals surface area contributed by atoms with Gasteiger partial charge in [0.25, 0.3) is 0 Å². The number of rotatable bonds is 4. The van der Waals surface area contributed by atoms with Crippen LogP contribution in [0.25, 0.3) is 34.4 Å². The van der Waals surface area contributed by atoms with Crippen LogP contribution in [-0.2, 0) is 17.4 Å². The molecule has 38 heavy (non-hydrogen) atoms. The van der Waals surface area contributed by atoms with E-state index in [1.165, 1.54) is 44.5 Å². The van der Waals surface area contributed by atoms with Gasteiger partial charge in [0.2, 0.25) is 0 Å². The summed E-state index contributed by atoms with van der Waals surface area (Å²) in [7, 11) is 0. The van der Waals surface area contributed by atoms with Gasteiger partial charge in [0, 0.05) is 0 Å². The summed E-state index contributed by atoms with van der Waals surface area (Å²) in [4.78, 5) is 0. The second-order valence-electron chi connectivity index (χ2n) is 12.2. The molecule has 2 atom stereocenters. The van der Waals surface area contributed by atoms with Crippen molar-refractivity contribution in [2.24, 2.45) is 0 Å². The maximum atomic E-state index is 13.7. The summed E-state index contributed by atoms with van der Waals surface area (Å²) in [6, 6.07) is 27.0. The molecular formula is C34H32F2SiZr. The van der Waals surface area contributed by atoms with Crippen LogP contribution < -0.4 is 0 Å². The van der Waals surface area contributed by atoms with E-state index in [1.54, 1.807) is 24.3 Å². The number of hydrogen-bond donors (Lipinski definition) is 0. The van der Waals surface area contributed by atoms with Crippen LogP contribution in [0.4, 0.5) is 8.78 Å². The Morgan fingerprint density at radius 3 is 1.32 bits per heavy atom. The summed E-state index contributed by atoms with van der Waals surface area (Å²) >= 11 is -3.63. The monoisotopic (exact) mass is 596 g/mol. The molecule has 0 amide bonds. The third-order valence-electron chi connectivity index (χ3n) is 8.76. The molecule has 0 N–H and O–H groups in total. The molecule has 2 aliphatic carbocycles. The second-order valence-corrected chi connectivity index (χ2v) is 42.7. The number of hydrogen-bond acceptors (Lipinski definition) is 0. The Morgan fingerprint density at radius 2 is 0.947 bits per heavy atom. The number of benzene rings is 4. The minimum absolute atomic E-state index is 0.209. The van der Waals surface area contributed by atoms with Gasteiger partial charge in [0.1, 0.15) is 0 Å². The van der Waals surface area contributed by atoms with Crippen LogP contribution in [0.3, 0.4) is 0 Å². The molecule has 0 aliphatic heterocycles. The van der Waals surface area contributed by atoms with E-state index in [0.29, 0.717) is 7.25 Å².